The van der Waals surface area contributed by atoms with Crippen molar-refractivity contribution in [2.45, 2.75) is 77.0 Å². The molecule has 1 saturated heterocycles. The molecule has 1 saturated carbocycles. The van der Waals surface area contributed by atoms with Crippen molar-refractivity contribution in [1.29, 1.82) is 0 Å². The summed E-state index contributed by atoms with van der Waals surface area (Å²) in [4.78, 5) is 13.4. The summed E-state index contributed by atoms with van der Waals surface area (Å²) in [6.07, 6.45) is 2.62. The predicted molar refractivity (Wildman–Crippen MR) is 216 cm³/mol. The minimum absolute atomic E-state index is 0.146. The highest BCUT2D eigenvalue weighted by Crippen LogP contribution is 2.47. The van der Waals surface area contributed by atoms with Crippen molar-refractivity contribution in [3.63, 3.8) is 0 Å². The second-order valence-corrected chi connectivity index (χ2v) is 17.5. The molecule has 0 radical (unpaired) electrons. The molecule has 2 fully saturated rings. The quantitative estimate of drug-likeness (QED) is 0.0950. The molecule has 2 aliphatic rings. The molecule has 2 N–H and O–H groups in total. The molecule has 294 valence electrons. The van der Waals surface area contributed by atoms with E-state index >= 15 is 0 Å². The Balaban J connectivity index is 1.11. The van der Waals surface area contributed by atoms with E-state index in [4.69, 9.17) is 23.2 Å². The maximum Gasteiger partial charge on any atom is 0.458 e. The zero-order valence-electron chi connectivity index (χ0n) is 32.4. The lowest BCUT2D eigenvalue weighted by Crippen LogP contribution is -2.41. The summed E-state index contributed by atoms with van der Waals surface area (Å²) in [7, 11) is -2.77. The first-order chi connectivity index (χ1) is 26.7. The van der Waals surface area contributed by atoms with Crippen LogP contribution >= 0.6 is 0 Å². The molecular weight excluding hydrogens is 734 g/mol. The van der Waals surface area contributed by atoms with Crippen LogP contribution in [-0.2, 0) is 30.7 Å². The van der Waals surface area contributed by atoms with Gasteiger partial charge in [-0.05, 0) is 131 Å². The summed E-state index contributed by atoms with van der Waals surface area (Å²) < 4.78 is 74.8. The van der Waals surface area contributed by atoms with E-state index in [0.29, 0.717) is 71.0 Å². The molecule has 2 heterocycles. The third-order valence-corrected chi connectivity index (χ3v) is 12.2. The number of hydrogen-bond acceptors (Lipinski definition) is 8. The van der Waals surface area contributed by atoms with Gasteiger partial charge >= 0.3 is 7.12 Å². The third-order valence-electron chi connectivity index (χ3n) is 10.9. The Hall–Kier alpha value is -4.69. The van der Waals surface area contributed by atoms with E-state index in [2.05, 4.69) is 10.0 Å². The first-order valence-corrected chi connectivity index (χ1v) is 20.7. The molecule has 1 atom stereocenters. The van der Waals surface area contributed by atoms with Gasteiger partial charge in [-0.3, -0.25) is 9.52 Å². The maximum atomic E-state index is 13.9. The minimum Gasteiger partial charge on any atom is -0.457 e. The Kier molecular flexibility index (Phi) is 11.3. The Labute approximate surface area is 328 Å². The smallest absolute Gasteiger partial charge is 0.457 e. The number of furan rings is 1. The minimum atomic E-state index is -3.84. The van der Waals surface area contributed by atoms with Gasteiger partial charge in [0.2, 0.25) is 10.0 Å². The van der Waals surface area contributed by atoms with Crippen LogP contribution in [0, 0.1) is 11.7 Å². The molecule has 4 aromatic carbocycles. The second-order valence-electron chi connectivity index (χ2n) is 15.7. The molecule has 56 heavy (non-hydrogen) atoms. The fraction of sp³-hybridized carbons (Fsp3) is 0.372. The third kappa shape index (κ3) is 9.13. The van der Waals surface area contributed by atoms with Crippen LogP contribution in [0.15, 0.2) is 95.4 Å². The zero-order valence-corrected chi connectivity index (χ0v) is 33.2. The lowest BCUT2D eigenvalue weighted by Gasteiger charge is -2.32. The van der Waals surface area contributed by atoms with Crippen LogP contribution in [0.5, 0.6) is 11.5 Å². The number of carbonyl (C=O) groups excluding carboxylic acids is 1. The molecule has 0 bridgehead atoms. The van der Waals surface area contributed by atoms with Gasteiger partial charge in [-0.25, -0.2) is 12.8 Å². The Morgan fingerprint density at radius 3 is 2.20 bits per heavy atom. The van der Waals surface area contributed by atoms with Gasteiger partial charge in [0.1, 0.15) is 28.7 Å². The van der Waals surface area contributed by atoms with Crippen molar-refractivity contribution in [2.75, 3.05) is 24.1 Å². The van der Waals surface area contributed by atoms with Gasteiger partial charge in [0.05, 0.1) is 34.8 Å². The van der Waals surface area contributed by atoms with Crippen LogP contribution in [0.1, 0.15) is 74.4 Å². The monoisotopic (exact) mass is 782 g/mol. The standard InChI is InChI=1S/C43H48BFN2O8S/c1-42(2)43(3,4)55-44(54-42)25-29(27-51-26-28-9-7-6-8-10-28)21-22-56(49,50)47-37-24-38-36(23-35(37)30-11-12-30)39(41(48)46-5)40(53-38)31-13-17-33(18-14-31)52-34-19-15-32(45)16-20-34/h6-10,13-20,23-24,29-30,47H,11-12,21-22,25-27H2,1-5H3,(H,46,48). The van der Waals surface area contributed by atoms with Crippen LogP contribution in [0.4, 0.5) is 10.1 Å². The molecule has 1 unspecified atom stereocenters. The average Bonchev–Trinajstić information content (AvgIpc) is 3.90. The number of rotatable bonds is 16. The largest absolute Gasteiger partial charge is 0.458 e. The SMILES string of the molecule is CNC(=O)c1c(-c2ccc(Oc3ccc(F)cc3)cc2)oc2cc(NS(=O)(=O)CCC(COCc3ccccc3)CB3OC(C)(C)C(C)(C)O3)c(C3CC3)cc12. The molecule has 0 spiro atoms. The summed E-state index contributed by atoms with van der Waals surface area (Å²) in [5.41, 5.74) is 2.64. The van der Waals surface area contributed by atoms with Crippen molar-refractivity contribution in [3.05, 3.63) is 114 Å². The van der Waals surface area contributed by atoms with Gasteiger partial charge in [0, 0.05) is 30.7 Å². The van der Waals surface area contributed by atoms with E-state index in [1.807, 2.05) is 64.1 Å². The molecule has 1 aliphatic heterocycles. The van der Waals surface area contributed by atoms with E-state index in [0.717, 1.165) is 24.0 Å². The van der Waals surface area contributed by atoms with E-state index in [9.17, 15) is 17.6 Å². The molecule has 1 amide bonds. The molecule has 10 nitrogen and oxygen atoms in total. The number of carbonyl (C=O) groups is 1. The van der Waals surface area contributed by atoms with Gasteiger partial charge < -0.3 is 28.5 Å². The summed E-state index contributed by atoms with van der Waals surface area (Å²) in [6, 6.07) is 26.2. The number of benzene rings is 4. The molecule has 7 rings (SSSR count). The highest BCUT2D eigenvalue weighted by molar-refractivity contribution is 7.92. The normalized spacial score (nSPS) is 16.9. The fourth-order valence-electron chi connectivity index (χ4n) is 6.91. The van der Waals surface area contributed by atoms with Gasteiger partial charge in [0.25, 0.3) is 5.91 Å². The summed E-state index contributed by atoms with van der Waals surface area (Å²) in [5.74, 6) is 0.499. The number of amides is 1. The van der Waals surface area contributed by atoms with Crippen molar-refractivity contribution >= 4 is 39.7 Å². The van der Waals surface area contributed by atoms with Crippen LogP contribution in [0.2, 0.25) is 6.32 Å². The van der Waals surface area contributed by atoms with Crippen molar-refractivity contribution in [2.24, 2.45) is 5.92 Å². The number of anilines is 1. The van der Waals surface area contributed by atoms with Crippen LogP contribution in [0.25, 0.3) is 22.3 Å². The maximum absolute atomic E-state index is 13.9. The van der Waals surface area contributed by atoms with Crippen molar-refractivity contribution in [1.82, 2.24) is 5.32 Å². The van der Waals surface area contributed by atoms with E-state index in [1.165, 1.54) is 24.3 Å². The van der Waals surface area contributed by atoms with Crippen LogP contribution in [-0.4, -0.2) is 52.1 Å². The van der Waals surface area contributed by atoms with Gasteiger partial charge in [-0.1, -0.05) is 30.3 Å². The zero-order chi connectivity index (χ0) is 39.7. The molecular formula is C43H48BFN2O8S. The second kappa shape index (κ2) is 16.1. The summed E-state index contributed by atoms with van der Waals surface area (Å²) >= 11 is 0. The number of halogens is 1. The highest BCUT2D eigenvalue weighted by atomic mass is 32.2. The van der Waals surface area contributed by atoms with Crippen molar-refractivity contribution < 1.29 is 40.8 Å². The lowest BCUT2D eigenvalue weighted by molar-refractivity contribution is 0.00578. The summed E-state index contributed by atoms with van der Waals surface area (Å²) in [6.45, 7) is 8.74. The van der Waals surface area contributed by atoms with Gasteiger partial charge in [0.15, 0.2) is 0 Å². The number of nitrogens with one attached hydrogen (secondary N) is 2. The van der Waals surface area contributed by atoms with E-state index in [-0.39, 0.29) is 29.3 Å². The number of hydrogen-bond donors (Lipinski definition) is 2. The first kappa shape index (κ1) is 39.5. The predicted octanol–water partition coefficient (Wildman–Crippen LogP) is 9.33. The Morgan fingerprint density at radius 2 is 1.57 bits per heavy atom. The molecule has 5 aromatic rings. The fourth-order valence-corrected chi connectivity index (χ4v) is 8.17. The van der Waals surface area contributed by atoms with Crippen molar-refractivity contribution in [3.8, 4) is 22.8 Å². The number of sulfonamides is 1. The lowest BCUT2D eigenvalue weighted by atomic mass is 9.76. The van der Waals surface area contributed by atoms with Gasteiger partial charge in [-0.15, -0.1) is 0 Å². The topological polar surface area (TPSA) is 125 Å². The van der Waals surface area contributed by atoms with Crippen LogP contribution in [0.3, 0.4) is 0 Å². The number of ether oxygens (including phenoxy) is 2. The Bertz CT molecular complexity index is 2260. The Morgan fingerprint density at radius 1 is 0.929 bits per heavy atom. The molecule has 1 aromatic heterocycles. The molecule has 1 aliphatic carbocycles. The molecule has 13 heteroatoms. The first-order valence-electron chi connectivity index (χ1n) is 19.0. The van der Waals surface area contributed by atoms with E-state index < -0.39 is 28.3 Å². The average molecular weight is 783 g/mol. The number of fused-ring (bicyclic) bond motifs is 1. The van der Waals surface area contributed by atoms with Crippen LogP contribution < -0.4 is 14.8 Å². The highest BCUT2D eigenvalue weighted by Gasteiger charge is 2.51. The van der Waals surface area contributed by atoms with E-state index in [1.54, 1.807) is 37.4 Å². The summed E-state index contributed by atoms with van der Waals surface area (Å²) in [5, 5.41) is 3.32. The van der Waals surface area contributed by atoms with Gasteiger partial charge in [-0.2, -0.15) is 0 Å².